The molecule has 2 aromatic carbocycles. The third-order valence-electron chi connectivity index (χ3n) is 5.50. The van der Waals surface area contributed by atoms with Crippen molar-refractivity contribution in [3.05, 3.63) is 48.3 Å². The summed E-state index contributed by atoms with van der Waals surface area (Å²) in [5.74, 6) is 0. The number of fused-ring (bicyclic) bond motifs is 1. The summed E-state index contributed by atoms with van der Waals surface area (Å²) in [7, 11) is 0. The van der Waals surface area contributed by atoms with Gasteiger partial charge in [0.25, 0.3) is 0 Å². The molecule has 0 spiro atoms. The van der Waals surface area contributed by atoms with Gasteiger partial charge in [0.05, 0.1) is 17.4 Å². The highest BCUT2D eigenvalue weighted by Crippen LogP contribution is 2.38. The molecule has 2 heterocycles. The number of piperazine rings is 1. The van der Waals surface area contributed by atoms with E-state index in [0.717, 1.165) is 31.7 Å². The molecule has 0 amide bonds. The molecule has 0 unspecified atom stereocenters. The predicted octanol–water partition coefficient (Wildman–Crippen LogP) is 3.76. The molecule has 1 aromatic heterocycles. The van der Waals surface area contributed by atoms with E-state index < -0.39 is 0 Å². The predicted molar refractivity (Wildman–Crippen MR) is 103 cm³/mol. The Bertz CT molecular complexity index is 917. The highest BCUT2D eigenvalue weighted by Gasteiger charge is 2.24. The molecule has 2 fully saturated rings. The fourth-order valence-electron chi connectivity index (χ4n) is 3.95. The summed E-state index contributed by atoms with van der Waals surface area (Å²) in [6.45, 7) is 6.54. The van der Waals surface area contributed by atoms with Crippen molar-refractivity contribution in [2.45, 2.75) is 25.8 Å². The van der Waals surface area contributed by atoms with Gasteiger partial charge in [-0.2, -0.15) is 0 Å². The number of nitrogens with zero attached hydrogens (tertiary/aromatic N) is 3. The number of hydrogen-bond acceptors (Lipinski definition) is 3. The van der Waals surface area contributed by atoms with Gasteiger partial charge in [0.1, 0.15) is 0 Å². The lowest BCUT2D eigenvalue weighted by molar-refractivity contribution is 0.588. The van der Waals surface area contributed by atoms with Crippen LogP contribution in [0.1, 0.15) is 24.4 Å². The van der Waals surface area contributed by atoms with E-state index >= 15 is 0 Å². The fraction of sp³-hybridized carbons (Fsp3) is 0.381. The number of imidazole rings is 1. The SMILES string of the molecule is Cc1cc(-c2ccc3c(c2)ncn3C2CC2)ccc1N1CCNCC1. The van der Waals surface area contributed by atoms with Crippen LogP contribution in [0.25, 0.3) is 22.2 Å². The number of nitrogens with one attached hydrogen (secondary N) is 1. The first-order valence-corrected chi connectivity index (χ1v) is 9.33. The Kier molecular flexibility index (Phi) is 3.52. The van der Waals surface area contributed by atoms with Crippen molar-refractivity contribution in [2.24, 2.45) is 0 Å². The topological polar surface area (TPSA) is 33.1 Å². The van der Waals surface area contributed by atoms with E-state index in [2.05, 4.69) is 63.1 Å². The van der Waals surface area contributed by atoms with Crippen LogP contribution in [0.3, 0.4) is 0 Å². The van der Waals surface area contributed by atoms with Gasteiger partial charge in [-0.3, -0.25) is 0 Å². The second kappa shape index (κ2) is 5.88. The van der Waals surface area contributed by atoms with Gasteiger partial charge < -0.3 is 14.8 Å². The molecular weight excluding hydrogens is 308 g/mol. The molecule has 1 saturated carbocycles. The van der Waals surface area contributed by atoms with Crippen molar-refractivity contribution < 1.29 is 0 Å². The quantitative estimate of drug-likeness (QED) is 0.793. The van der Waals surface area contributed by atoms with Crippen LogP contribution >= 0.6 is 0 Å². The van der Waals surface area contributed by atoms with Crippen molar-refractivity contribution in [1.82, 2.24) is 14.9 Å². The molecule has 0 radical (unpaired) electrons. The first-order chi connectivity index (χ1) is 12.3. The van der Waals surface area contributed by atoms with E-state index in [9.17, 15) is 0 Å². The van der Waals surface area contributed by atoms with E-state index in [4.69, 9.17) is 0 Å². The second-order valence-corrected chi connectivity index (χ2v) is 7.32. The summed E-state index contributed by atoms with van der Waals surface area (Å²) in [6.07, 6.45) is 4.59. The van der Waals surface area contributed by atoms with Crippen LogP contribution < -0.4 is 10.2 Å². The van der Waals surface area contributed by atoms with Crippen LogP contribution in [0, 0.1) is 6.92 Å². The molecule has 1 saturated heterocycles. The van der Waals surface area contributed by atoms with Crippen LogP contribution in [0.4, 0.5) is 5.69 Å². The van der Waals surface area contributed by atoms with Crippen LogP contribution in [0.15, 0.2) is 42.7 Å². The number of aryl methyl sites for hydroxylation is 1. The monoisotopic (exact) mass is 332 g/mol. The zero-order chi connectivity index (χ0) is 16.8. The lowest BCUT2D eigenvalue weighted by atomic mass is 10.0. The Morgan fingerprint density at radius 3 is 2.52 bits per heavy atom. The molecule has 25 heavy (non-hydrogen) atoms. The zero-order valence-electron chi connectivity index (χ0n) is 14.7. The van der Waals surface area contributed by atoms with Crippen molar-refractivity contribution in [2.75, 3.05) is 31.1 Å². The standard InChI is InChI=1S/C21H24N4/c1-15-12-16(2-6-20(15)24-10-8-22-9-11-24)17-3-7-21-19(13-17)23-14-25(21)18-4-5-18/h2-3,6-7,12-14,18,22H,4-5,8-11H2,1H3. The summed E-state index contributed by atoms with van der Waals surface area (Å²) >= 11 is 0. The highest BCUT2D eigenvalue weighted by molar-refractivity contribution is 5.83. The fourth-order valence-corrected chi connectivity index (χ4v) is 3.95. The molecule has 2 aliphatic rings. The van der Waals surface area contributed by atoms with Gasteiger partial charge in [-0.1, -0.05) is 12.1 Å². The number of benzene rings is 2. The molecule has 1 aliphatic carbocycles. The average molecular weight is 332 g/mol. The average Bonchev–Trinajstić information content (AvgIpc) is 3.41. The van der Waals surface area contributed by atoms with Gasteiger partial charge >= 0.3 is 0 Å². The smallest absolute Gasteiger partial charge is 0.0960 e. The normalized spacial score (nSPS) is 18.0. The minimum atomic E-state index is 0.677. The van der Waals surface area contributed by atoms with Gasteiger partial charge in [-0.05, 0) is 60.7 Å². The van der Waals surface area contributed by atoms with Crippen LogP contribution in [-0.2, 0) is 0 Å². The largest absolute Gasteiger partial charge is 0.369 e. The summed E-state index contributed by atoms with van der Waals surface area (Å²) in [6, 6.07) is 14.2. The van der Waals surface area contributed by atoms with E-state index in [1.54, 1.807) is 0 Å². The van der Waals surface area contributed by atoms with Crippen molar-refractivity contribution >= 4 is 16.7 Å². The van der Waals surface area contributed by atoms with Gasteiger partial charge in [0.2, 0.25) is 0 Å². The number of hydrogen-bond donors (Lipinski definition) is 1. The molecule has 3 aromatic rings. The first-order valence-electron chi connectivity index (χ1n) is 9.33. The summed E-state index contributed by atoms with van der Waals surface area (Å²) in [4.78, 5) is 7.11. The Morgan fingerprint density at radius 1 is 1.00 bits per heavy atom. The maximum absolute atomic E-state index is 4.63. The maximum Gasteiger partial charge on any atom is 0.0960 e. The maximum atomic E-state index is 4.63. The molecule has 0 bridgehead atoms. The summed E-state index contributed by atoms with van der Waals surface area (Å²) < 4.78 is 2.33. The Hall–Kier alpha value is -2.33. The highest BCUT2D eigenvalue weighted by atomic mass is 15.2. The number of rotatable bonds is 3. The molecule has 0 atom stereocenters. The van der Waals surface area contributed by atoms with Crippen molar-refractivity contribution in [3.8, 4) is 11.1 Å². The Balaban J connectivity index is 1.48. The van der Waals surface area contributed by atoms with Crippen molar-refractivity contribution in [1.29, 1.82) is 0 Å². The van der Waals surface area contributed by atoms with Gasteiger partial charge in [-0.15, -0.1) is 0 Å². The zero-order valence-corrected chi connectivity index (χ0v) is 14.7. The van der Waals surface area contributed by atoms with E-state index in [0.29, 0.717) is 6.04 Å². The van der Waals surface area contributed by atoms with Crippen LogP contribution in [0.2, 0.25) is 0 Å². The van der Waals surface area contributed by atoms with Crippen LogP contribution in [0.5, 0.6) is 0 Å². The third kappa shape index (κ3) is 2.71. The number of anilines is 1. The third-order valence-corrected chi connectivity index (χ3v) is 5.50. The molecule has 4 heteroatoms. The molecule has 1 N–H and O–H groups in total. The molecule has 1 aliphatic heterocycles. The lowest BCUT2D eigenvalue weighted by Gasteiger charge is -2.31. The molecule has 5 rings (SSSR count). The number of aromatic nitrogens is 2. The Morgan fingerprint density at radius 2 is 1.76 bits per heavy atom. The van der Waals surface area contributed by atoms with Crippen molar-refractivity contribution in [3.63, 3.8) is 0 Å². The Labute approximate surface area is 148 Å². The van der Waals surface area contributed by atoms with E-state index in [1.807, 2.05) is 6.33 Å². The minimum Gasteiger partial charge on any atom is -0.369 e. The summed E-state index contributed by atoms with van der Waals surface area (Å²) in [5.41, 5.74) is 7.61. The second-order valence-electron chi connectivity index (χ2n) is 7.32. The van der Waals surface area contributed by atoms with Gasteiger partial charge in [0.15, 0.2) is 0 Å². The molecular formula is C21H24N4. The molecule has 128 valence electrons. The summed E-state index contributed by atoms with van der Waals surface area (Å²) in [5, 5.41) is 3.42. The van der Waals surface area contributed by atoms with E-state index in [1.165, 1.54) is 40.7 Å². The lowest BCUT2D eigenvalue weighted by Crippen LogP contribution is -2.43. The van der Waals surface area contributed by atoms with Crippen LogP contribution in [-0.4, -0.2) is 35.7 Å². The minimum absolute atomic E-state index is 0.677. The first kappa shape index (κ1) is 15.0. The van der Waals surface area contributed by atoms with E-state index in [-0.39, 0.29) is 0 Å². The van der Waals surface area contributed by atoms with Gasteiger partial charge in [-0.25, -0.2) is 4.98 Å². The molecule has 4 nitrogen and oxygen atoms in total. The van der Waals surface area contributed by atoms with Gasteiger partial charge in [0, 0.05) is 37.9 Å².